The van der Waals surface area contributed by atoms with Gasteiger partial charge in [0.1, 0.15) is 10.6 Å². The highest BCUT2D eigenvalue weighted by molar-refractivity contribution is 7.90. The first-order valence-electron chi connectivity index (χ1n) is 8.44. The van der Waals surface area contributed by atoms with Crippen molar-refractivity contribution in [3.05, 3.63) is 76.8 Å². The van der Waals surface area contributed by atoms with Crippen LogP contribution in [0.2, 0.25) is 5.02 Å². The third-order valence-electron chi connectivity index (χ3n) is 4.34. The first-order valence-corrected chi connectivity index (χ1v) is 10.5. The molecule has 0 amide bonds. The van der Waals surface area contributed by atoms with Crippen LogP contribution in [0.3, 0.4) is 0 Å². The van der Waals surface area contributed by atoms with Crippen molar-refractivity contribution in [3.8, 4) is 22.6 Å². The van der Waals surface area contributed by atoms with Crippen LogP contribution in [0.15, 0.2) is 65.6 Å². The van der Waals surface area contributed by atoms with Crippen LogP contribution >= 0.6 is 11.6 Å². The fraction of sp³-hybridized carbons (Fsp3) is 0.0952. The molecule has 0 unspecified atom stereocenters. The van der Waals surface area contributed by atoms with Crippen molar-refractivity contribution >= 4 is 27.4 Å². The first-order chi connectivity index (χ1) is 13.7. The van der Waals surface area contributed by atoms with E-state index in [1.54, 1.807) is 12.1 Å². The fourth-order valence-electron chi connectivity index (χ4n) is 2.92. The molecule has 3 rings (SSSR count). The van der Waals surface area contributed by atoms with E-state index in [-0.39, 0.29) is 10.6 Å². The van der Waals surface area contributed by atoms with Crippen LogP contribution in [0.25, 0.3) is 11.1 Å². The Morgan fingerprint density at radius 3 is 2.34 bits per heavy atom. The Labute approximate surface area is 172 Å². The number of phenols is 1. The number of carboxylic acids is 1. The number of aromatic carboxylic acids is 1. The number of carbonyl (C=O) groups is 1. The Morgan fingerprint density at radius 2 is 1.72 bits per heavy atom. The fourth-order valence-corrected chi connectivity index (χ4v) is 4.70. The van der Waals surface area contributed by atoms with Gasteiger partial charge in [-0.05, 0) is 35.4 Å². The second-order valence-corrected chi connectivity index (χ2v) is 8.63. The Kier molecular flexibility index (Phi) is 5.81. The van der Waals surface area contributed by atoms with Crippen molar-refractivity contribution in [2.45, 2.75) is 10.6 Å². The molecule has 0 atom stereocenters. The lowest BCUT2D eigenvalue weighted by Gasteiger charge is -2.13. The normalized spacial score (nSPS) is 11.2. The molecule has 0 radical (unpaired) electrons. The molecule has 3 aromatic carbocycles. The van der Waals surface area contributed by atoms with Crippen LogP contribution in [-0.4, -0.2) is 31.7 Å². The van der Waals surface area contributed by atoms with E-state index in [1.807, 2.05) is 36.4 Å². The van der Waals surface area contributed by atoms with Gasteiger partial charge in [-0.2, -0.15) is 0 Å². The predicted octanol–water partition coefficient (Wildman–Crippen LogP) is 4.39. The van der Waals surface area contributed by atoms with E-state index in [2.05, 4.69) is 0 Å². The van der Waals surface area contributed by atoms with Crippen molar-refractivity contribution in [2.24, 2.45) is 0 Å². The molecule has 2 N–H and O–H groups in total. The Balaban J connectivity index is 2.08. The maximum absolute atomic E-state index is 13.0. The molecule has 0 aliphatic rings. The predicted molar refractivity (Wildman–Crippen MR) is 109 cm³/mol. The number of hydrogen-bond donors (Lipinski definition) is 2. The van der Waals surface area contributed by atoms with Crippen LogP contribution < -0.4 is 4.74 Å². The van der Waals surface area contributed by atoms with Crippen LogP contribution in [0.4, 0.5) is 0 Å². The van der Waals surface area contributed by atoms with Crippen molar-refractivity contribution < 1.29 is 28.2 Å². The molecular weight excluding hydrogens is 416 g/mol. The quantitative estimate of drug-likeness (QED) is 0.599. The minimum atomic E-state index is -4.13. The van der Waals surface area contributed by atoms with Gasteiger partial charge < -0.3 is 14.9 Å². The average Bonchev–Trinajstić information content (AvgIpc) is 2.70. The number of sulfone groups is 1. The molecule has 0 aromatic heterocycles. The summed E-state index contributed by atoms with van der Waals surface area (Å²) in [6.45, 7) is 0. The molecule has 29 heavy (non-hydrogen) atoms. The highest BCUT2D eigenvalue weighted by atomic mass is 35.5. The van der Waals surface area contributed by atoms with E-state index in [1.165, 1.54) is 7.11 Å². The van der Waals surface area contributed by atoms with E-state index in [0.717, 1.165) is 23.3 Å². The summed E-state index contributed by atoms with van der Waals surface area (Å²) in [6.07, 6.45) is 0. The van der Waals surface area contributed by atoms with Gasteiger partial charge in [0.05, 0.1) is 23.4 Å². The van der Waals surface area contributed by atoms with Gasteiger partial charge >= 0.3 is 5.97 Å². The van der Waals surface area contributed by atoms with Gasteiger partial charge in [0.25, 0.3) is 0 Å². The summed E-state index contributed by atoms with van der Waals surface area (Å²) in [6, 6.07) is 16.4. The Hall–Kier alpha value is -3.03. The van der Waals surface area contributed by atoms with Crippen LogP contribution in [0.5, 0.6) is 11.5 Å². The lowest BCUT2D eigenvalue weighted by Crippen LogP contribution is -2.09. The van der Waals surface area contributed by atoms with Gasteiger partial charge in [-0.3, -0.25) is 0 Å². The molecule has 0 bridgehead atoms. The number of ether oxygens (including phenoxy) is 1. The van der Waals surface area contributed by atoms with Crippen molar-refractivity contribution in [1.82, 2.24) is 0 Å². The average molecular weight is 433 g/mol. The molecule has 150 valence electrons. The van der Waals surface area contributed by atoms with Gasteiger partial charge in [-0.1, -0.05) is 48.0 Å². The number of methoxy groups -OCH3 is 1. The number of carboxylic acid groups (broad SMARTS) is 1. The molecule has 0 aliphatic heterocycles. The molecule has 6 nitrogen and oxygen atoms in total. The van der Waals surface area contributed by atoms with Crippen molar-refractivity contribution in [2.75, 3.05) is 7.11 Å². The van der Waals surface area contributed by atoms with E-state index in [0.29, 0.717) is 11.3 Å². The highest BCUT2D eigenvalue weighted by Gasteiger charge is 2.25. The van der Waals surface area contributed by atoms with E-state index >= 15 is 0 Å². The second-order valence-electron chi connectivity index (χ2n) is 6.26. The largest absolute Gasteiger partial charge is 0.505 e. The molecule has 0 fully saturated rings. The molecule has 8 heteroatoms. The molecule has 0 saturated carbocycles. The summed E-state index contributed by atoms with van der Waals surface area (Å²) in [4.78, 5) is 10.7. The monoisotopic (exact) mass is 432 g/mol. The zero-order valence-corrected chi connectivity index (χ0v) is 16.9. The number of halogens is 1. The summed E-state index contributed by atoms with van der Waals surface area (Å²) >= 11 is 5.83. The lowest BCUT2D eigenvalue weighted by molar-refractivity contribution is 0.0696. The second kappa shape index (κ2) is 8.14. The summed E-state index contributed by atoms with van der Waals surface area (Å²) in [7, 11) is -2.71. The third-order valence-corrected chi connectivity index (χ3v) is 6.30. The summed E-state index contributed by atoms with van der Waals surface area (Å²) in [5, 5.41) is 19.0. The van der Waals surface area contributed by atoms with E-state index in [4.69, 9.17) is 21.4 Å². The smallest absolute Gasteiger partial charge is 0.335 e. The number of hydrogen-bond acceptors (Lipinski definition) is 5. The third kappa shape index (κ3) is 4.36. The van der Waals surface area contributed by atoms with Crippen molar-refractivity contribution in [3.63, 3.8) is 0 Å². The molecule has 0 saturated heterocycles. The van der Waals surface area contributed by atoms with Gasteiger partial charge in [-0.25, -0.2) is 13.2 Å². The van der Waals surface area contributed by atoms with Crippen molar-refractivity contribution in [1.29, 1.82) is 0 Å². The maximum Gasteiger partial charge on any atom is 0.335 e. The number of rotatable bonds is 6. The van der Waals surface area contributed by atoms with Crippen LogP contribution in [0.1, 0.15) is 15.9 Å². The molecular formula is C21H17ClO6S. The van der Waals surface area contributed by atoms with Crippen LogP contribution in [-0.2, 0) is 15.6 Å². The van der Waals surface area contributed by atoms with Gasteiger partial charge in [-0.15, -0.1) is 0 Å². The standard InChI is InChI=1S/C21H17ClO6S/c1-28-18-8-7-14(13-5-3-2-4-6-13)9-16(18)12-29(26,27)19-11-15(21(24)25)10-17(22)20(19)23/h2-11,23H,12H2,1H3,(H,24,25). The minimum absolute atomic E-state index is 0.337. The highest BCUT2D eigenvalue weighted by Crippen LogP contribution is 2.36. The SMILES string of the molecule is COc1ccc(-c2ccccc2)cc1CS(=O)(=O)c1cc(C(=O)O)cc(Cl)c1O. The van der Waals surface area contributed by atoms with Crippen LogP contribution in [0, 0.1) is 0 Å². The molecule has 0 aliphatic carbocycles. The minimum Gasteiger partial charge on any atom is -0.505 e. The lowest BCUT2D eigenvalue weighted by atomic mass is 10.0. The zero-order valence-electron chi connectivity index (χ0n) is 15.3. The van der Waals surface area contributed by atoms with E-state index in [9.17, 15) is 18.3 Å². The van der Waals surface area contributed by atoms with Gasteiger partial charge in [0, 0.05) is 5.56 Å². The molecule has 0 spiro atoms. The summed E-state index contributed by atoms with van der Waals surface area (Å²) in [5.74, 6) is -2.20. The molecule has 3 aromatic rings. The first kappa shape index (κ1) is 20.7. The molecule has 0 heterocycles. The number of aromatic hydroxyl groups is 1. The van der Waals surface area contributed by atoms with E-state index < -0.39 is 32.2 Å². The Morgan fingerprint density at radius 1 is 1.03 bits per heavy atom. The summed E-state index contributed by atoms with van der Waals surface area (Å²) in [5.41, 5.74) is 1.71. The van der Waals surface area contributed by atoms with Gasteiger partial charge in [0.15, 0.2) is 15.6 Å². The van der Waals surface area contributed by atoms with Gasteiger partial charge in [0.2, 0.25) is 0 Å². The topological polar surface area (TPSA) is 101 Å². The number of benzene rings is 3. The maximum atomic E-state index is 13.0. The zero-order chi connectivity index (χ0) is 21.2. The summed E-state index contributed by atoms with van der Waals surface area (Å²) < 4.78 is 31.3. The Bertz CT molecular complexity index is 1170. The number of phenolic OH excluding ortho intramolecular Hbond substituents is 1.